The van der Waals surface area contributed by atoms with Crippen molar-refractivity contribution in [1.29, 1.82) is 0 Å². The molecule has 1 saturated carbocycles. The highest BCUT2D eigenvalue weighted by atomic mass is 16.7. The zero-order valence-electron chi connectivity index (χ0n) is 34.3. The number of carbonyl (C=O) groups excluding carboxylic acids is 3. The van der Waals surface area contributed by atoms with E-state index in [0.717, 1.165) is 5.57 Å². The number of nitrogens with zero attached hydrogens (tertiary/aromatic N) is 1. The molecule has 1 aliphatic carbocycles. The fourth-order valence-electron chi connectivity index (χ4n) is 9.71. The molecule has 56 heavy (non-hydrogen) atoms. The summed E-state index contributed by atoms with van der Waals surface area (Å²) in [6, 6.07) is -1.16. The van der Waals surface area contributed by atoms with Gasteiger partial charge in [0, 0.05) is 44.9 Å². The number of esters is 1. The van der Waals surface area contributed by atoms with Gasteiger partial charge in [-0.15, -0.1) is 0 Å². The Bertz CT molecular complexity index is 1450. The molecular weight excluding hydrogens is 726 g/mol. The van der Waals surface area contributed by atoms with Crippen LogP contribution in [0.2, 0.25) is 0 Å². The van der Waals surface area contributed by atoms with Gasteiger partial charge in [-0.2, -0.15) is 0 Å². The molecule has 6 aliphatic rings. The number of aliphatic hydroxyl groups is 5. The van der Waals surface area contributed by atoms with E-state index in [1.54, 1.807) is 20.8 Å². The van der Waals surface area contributed by atoms with Crippen molar-refractivity contribution in [3.63, 3.8) is 0 Å². The van der Waals surface area contributed by atoms with E-state index in [0.29, 0.717) is 56.9 Å². The normalized spacial score (nSPS) is 44.0. The summed E-state index contributed by atoms with van der Waals surface area (Å²) in [6.07, 6.45) is 2.14. The molecule has 0 aromatic rings. The molecule has 0 aromatic heterocycles. The number of ketones is 1. The van der Waals surface area contributed by atoms with Gasteiger partial charge in [0.05, 0.1) is 37.1 Å². The van der Waals surface area contributed by atoms with Crippen LogP contribution in [-0.2, 0) is 38.1 Å². The van der Waals surface area contributed by atoms with Crippen molar-refractivity contribution in [1.82, 2.24) is 4.90 Å². The molecule has 4 bridgehead atoms. The second-order valence-electron chi connectivity index (χ2n) is 17.4. The number of hydrogen-bond acceptors (Lipinski definition) is 13. The summed E-state index contributed by atoms with van der Waals surface area (Å²) in [5, 5.41) is 56.3. The molecule has 1 unspecified atom stereocenters. The number of amides is 1. The fraction of sp³-hybridized carbons (Fsp3) is 0.833. The SMILES string of the molecule is CC[C@@H]1C=C2COC1(O)C[C@H](O)[C@@H](C)[C@@H](/C(C)=C/[C@H]1CC[C@H](O)[C@@H](O)C1)OC(=O)[C@@H]1CCCCN1C(=O)C(=O)[C@]1(O)O[C@H]([C@@H](OC)C[C@@H](C)C2)[C@@H](OC)C[C@H]1C. The van der Waals surface area contributed by atoms with Gasteiger partial charge in [0.15, 0.2) is 5.79 Å². The number of Topliss-reactive ketones (excluding diaryl/α,β-unsaturated/α-hetero) is 1. The Kier molecular flexibility index (Phi) is 15.0. The Hall–Kier alpha value is -2.27. The van der Waals surface area contributed by atoms with Gasteiger partial charge in [0.2, 0.25) is 5.79 Å². The number of piperidine rings is 1. The Labute approximate surface area is 331 Å². The van der Waals surface area contributed by atoms with Gasteiger partial charge >= 0.3 is 5.97 Å². The zero-order valence-corrected chi connectivity index (χ0v) is 34.3. The van der Waals surface area contributed by atoms with Crippen LogP contribution in [0.1, 0.15) is 105 Å². The van der Waals surface area contributed by atoms with Crippen molar-refractivity contribution in [2.45, 2.75) is 166 Å². The van der Waals surface area contributed by atoms with E-state index in [9.17, 15) is 39.9 Å². The number of methoxy groups -OCH3 is 2. The summed E-state index contributed by atoms with van der Waals surface area (Å²) in [5.74, 6) is -9.38. The Balaban J connectivity index is 1.55. The average molecular weight is 794 g/mol. The lowest BCUT2D eigenvalue weighted by atomic mass is 9.80. The van der Waals surface area contributed by atoms with Gasteiger partial charge < -0.3 is 54.1 Å². The van der Waals surface area contributed by atoms with Crippen LogP contribution in [0.4, 0.5) is 0 Å². The molecule has 4 fully saturated rings. The molecule has 5 N–H and O–H groups in total. The first-order valence-electron chi connectivity index (χ1n) is 20.8. The predicted octanol–water partition coefficient (Wildman–Crippen LogP) is 2.95. The van der Waals surface area contributed by atoms with E-state index in [1.165, 1.54) is 19.1 Å². The monoisotopic (exact) mass is 793 g/mol. The molecule has 0 radical (unpaired) electrons. The standard InChI is InChI=1S/C42H67NO13/c1-8-29-19-28-15-23(2)16-34(52-6)37-35(53-7)18-25(4)42(51,56-37)38(47)39(48)43-14-10-9-11-30(43)40(49)55-36(26(5)33(46)21-41(29,50)54-22-28)24(3)17-27-12-13-31(44)32(45)20-27/h17,19,23,25-27,29-37,44-46,50-51H,8-16,18,20-22H2,1-7H3/b24-17+/t23-,25+,26+,27+,29+,30-,31-,32-,33-,34-,35-,36+,37+,41?,42+/m0/s1. The maximum absolute atomic E-state index is 14.3. The molecule has 1 amide bonds. The minimum Gasteiger partial charge on any atom is -0.456 e. The lowest BCUT2D eigenvalue weighted by Crippen LogP contribution is -2.64. The summed E-state index contributed by atoms with van der Waals surface area (Å²) in [5.41, 5.74) is 1.57. The molecule has 14 nitrogen and oxygen atoms in total. The van der Waals surface area contributed by atoms with Gasteiger partial charge in [-0.05, 0) is 94.1 Å². The summed E-state index contributed by atoms with van der Waals surface area (Å²) < 4.78 is 30.4. The number of allylic oxidation sites excluding steroid dienone is 1. The van der Waals surface area contributed by atoms with E-state index < -0.39 is 95.8 Å². The third kappa shape index (κ3) is 9.61. The van der Waals surface area contributed by atoms with Crippen LogP contribution in [0.3, 0.4) is 0 Å². The number of fused-ring (bicyclic) bond motifs is 11. The molecule has 15 atom stereocenters. The van der Waals surface area contributed by atoms with Crippen molar-refractivity contribution < 1.29 is 63.6 Å². The topological polar surface area (TPSA) is 202 Å². The van der Waals surface area contributed by atoms with Crippen molar-refractivity contribution in [3.05, 3.63) is 23.3 Å². The van der Waals surface area contributed by atoms with E-state index in [1.807, 2.05) is 26.0 Å². The molecule has 3 saturated heterocycles. The fourth-order valence-corrected chi connectivity index (χ4v) is 9.71. The highest BCUT2D eigenvalue weighted by Gasteiger charge is 2.57. The van der Waals surface area contributed by atoms with Crippen LogP contribution >= 0.6 is 0 Å². The van der Waals surface area contributed by atoms with Crippen LogP contribution < -0.4 is 0 Å². The molecule has 318 valence electrons. The quantitative estimate of drug-likeness (QED) is 0.155. The number of hydrogen-bond donors (Lipinski definition) is 5. The summed E-state index contributed by atoms with van der Waals surface area (Å²) >= 11 is 0. The Morgan fingerprint density at radius 1 is 0.946 bits per heavy atom. The molecule has 0 aromatic carbocycles. The lowest BCUT2D eigenvalue weighted by Gasteiger charge is -2.47. The summed E-state index contributed by atoms with van der Waals surface area (Å²) in [4.78, 5) is 43.9. The largest absolute Gasteiger partial charge is 0.456 e. The van der Waals surface area contributed by atoms with Crippen molar-refractivity contribution in [3.8, 4) is 0 Å². The molecule has 6 rings (SSSR count). The van der Waals surface area contributed by atoms with Crippen LogP contribution in [0.15, 0.2) is 23.3 Å². The van der Waals surface area contributed by atoms with Crippen LogP contribution in [0.25, 0.3) is 0 Å². The second-order valence-corrected chi connectivity index (χ2v) is 17.4. The number of aliphatic hydroxyl groups excluding tert-OH is 3. The van der Waals surface area contributed by atoms with Gasteiger partial charge in [-0.3, -0.25) is 9.59 Å². The molecule has 14 heteroatoms. The van der Waals surface area contributed by atoms with Crippen LogP contribution in [0, 0.1) is 29.6 Å². The Morgan fingerprint density at radius 3 is 2.30 bits per heavy atom. The van der Waals surface area contributed by atoms with Crippen LogP contribution in [-0.4, -0.2) is 136 Å². The smallest absolute Gasteiger partial charge is 0.329 e. The first-order chi connectivity index (χ1) is 26.5. The third-order valence-corrected chi connectivity index (χ3v) is 13.3. The highest BCUT2D eigenvalue weighted by Crippen LogP contribution is 2.41. The molecule has 0 spiro atoms. The first-order valence-corrected chi connectivity index (χ1v) is 20.8. The predicted molar refractivity (Wildman–Crippen MR) is 203 cm³/mol. The highest BCUT2D eigenvalue weighted by molar-refractivity contribution is 6.39. The van der Waals surface area contributed by atoms with Gasteiger partial charge in [0.25, 0.3) is 11.7 Å². The van der Waals surface area contributed by atoms with E-state index in [2.05, 4.69) is 0 Å². The van der Waals surface area contributed by atoms with Gasteiger partial charge in [-0.1, -0.05) is 39.8 Å². The second kappa shape index (κ2) is 18.8. The third-order valence-electron chi connectivity index (χ3n) is 13.3. The number of ether oxygens (including phenoxy) is 5. The summed E-state index contributed by atoms with van der Waals surface area (Å²) in [6.45, 7) is 9.33. The molecule has 5 aliphatic heterocycles. The van der Waals surface area contributed by atoms with Gasteiger partial charge in [0.1, 0.15) is 18.2 Å². The Morgan fingerprint density at radius 2 is 1.64 bits per heavy atom. The zero-order chi connectivity index (χ0) is 41.1. The van der Waals surface area contributed by atoms with E-state index in [4.69, 9.17) is 23.7 Å². The van der Waals surface area contributed by atoms with Crippen molar-refractivity contribution in [2.75, 3.05) is 27.4 Å². The van der Waals surface area contributed by atoms with Gasteiger partial charge in [-0.25, -0.2) is 4.79 Å². The minimum atomic E-state index is -2.52. The number of rotatable bonds is 5. The van der Waals surface area contributed by atoms with Crippen molar-refractivity contribution in [2.24, 2.45) is 29.6 Å². The van der Waals surface area contributed by atoms with Crippen LogP contribution in [0.5, 0.6) is 0 Å². The lowest BCUT2D eigenvalue weighted by molar-refractivity contribution is -0.302. The minimum absolute atomic E-state index is 0.00503. The maximum atomic E-state index is 14.3. The van der Waals surface area contributed by atoms with E-state index in [-0.39, 0.29) is 44.2 Å². The average Bonchev–Trinajstić information content (AvgIpc) is 3.17. The molecular formula is C42H67NO13. The van der Waals surface area contributed by atoms with E-state index >= 15 is 0 Å². The molecule has 5 heterocycles. The number of carbonyl (C=O) groups is 3. The summed E-state index contributed by atoms with van der Waals surface area (Å²) in [7, 11) is 3.05. The first kappa shape index (κ1) is 44.8. The van der Waals surface area contributed by atoms with Crippen molar-refractivity contribution >= 4 is 17.7 Å². The maximum Gasteiger partial charge on any atom is 0.329 e.